The number of imidazole rings is 1. The van der Waals surface area contributed by atoms with Crippen molar-refractivity contribution in [2.75, 3.05) is 6.54 Å². The van der Waals surface area contributed by atoms with E-state index in [2.05, 4.69) is 30.3 Å². The highest BCUT2D eigenvalue weighted by Crippen LogP contribution is 2.46. The number of aryl methyl sites for hydroxylation is 1. The quantitative estimate of drug-likeness (QED) is 0.401. The summed E-state index contributed by atoms with van der Waals surface area (Å²) in [6.45, 7) is 1.04. The SMILES string of the molecule is Cc1nonc1C(=O)N[C@H](c1cn2ncc([C@@H](C3CC3)N3C[C@@H](C(F)(F)F)NC3=O)cc2n1)C1CCC(F)(F)CC1. The van der Waals surface area contributed by atoms with Gasteiger partial charge in [-0.15, -0.1) is 0 Å². The summed E-state index contributed by atoms with van der Waals surface area (Å²) in [5, 5.41) is 16.5. The van der Waals surface area contributed by atoms with Gasteiger partial charge in [-0.3, -0.25) is 4.79 Å². The van der Waals surface area contributed by atoms with Crippen LogP contribution in [0.15, 0.2) is 23.1 Å². The molecule has 3 aromatic rings. The minimum Gasteiger partial charge on any atom is -0.342 e. The number of halogens is 5. The van der Waals surface area contributed by atoms with Crippen LogP contribution in [0.3, 0.4) is 0 Å². The molecule has 2 N–H and O–H groups in total. The smallest absolute Gasteiger partial charge is 0.342 e. The van der Waals surface area contributed by atoms with Crippen LogP contribution in [0.25, 0.3) is 5.65 Å². The fraction of sp³-hybridized carbons (Fsp3) is 0.600. The number of carbonyl (C=O) groups is 2. The zero-order chi connectivity index (χ0) is 29.1. The molecule has 2 saturated carbocycles. The second kappa shape index (κ2) is 9.91. The van der Waals surface area contributed by atoms with Crippen molar-refractivity contribution in [1.29, 1.82) is 0 Å². The van der Waals surface area contributed by atoms with Gasteiger partial charge in [-0.25, -0.2) is 27.7 Å². The van der Waals surface area contributed by atoms with E-state index in [1.807, 2.05) is 5.32 Å². The highest BCUT2D eigenvalue weighted by molar-refractivity contribution is 5.93. The Morgan fingerprint density at radius 3 is 2.51 bits per heavy atom. The number of hydrogen-bond donors (Lipinski definition) is 2. The Hall–Kier alpha value is -3.85. The van der Waals surface area contributed by atoms with Crippen molar-refractivity contribution in [3.63, 3.8) is 0 Å². The molecule has 1 saturated heterocycles. The first-order valence-electron chi connectivity index (χ1n) is 13.4. The first-order valence-corrected chi connectivity index (χ1v) is 13.4. The second-order valence-corrected chi connectivity index (χ2v) is 11.1. The highest BCUT2D eigenvalue weighted by Gasteiger charge is 2.51. The summed E-state index contributed by atoms with van der Waals surface area (Å²) in [5.41, 5.74) is 1.50. The molecule has 3 amide bonds. The molecule has 0 unspecified atom stereocenters. The molecule has 0 spiro atoms. The molecule has 220 valence electrons. The number of carbonyl (C=O) groups excluding carboxylic acids is 2. The van der Waals surface area contributed by atoms with E-state index in [-0.39, 0.29) is 48.9 Å². The fourth-order valence-corrected chi connectivity index (χ4v) is 5.80. The molecule has 1 aliphatic heterocycles. The Morgan fingerprint density at radius 2 is 1.90 bits per heavy atom. The molecule has 0 radical (unpaired) electrons. The Balaban J connectivity index is 1.30. The van der Waals surface area contributed by atoms with E-state index in [9.17, 15) is 31.5 Å². The average Bonchev–Trinajstić information content (AvgIpc) is 3.29. The number of urea groups is 1. The van der Waals surface area contributed by atoms with Gasteiger partial charge in [0.2, 0.25) is 5.92 Å². The molecule has 41 heavy (non-hydrogen) atoms. The summed E-state index contributed by atoms with van der Waals surface area (Å²) in [6, 6.07) is -2.45. The van der Waals surface area contributed by atoms with Crippen LogP contribution in [0, 0.1) is 18.8 Å². The lowest BCUT2D eigenvalue weighted by molar-refractivity contribution is -0.150. The Morgan fingerprint density at radius 1 is 1.17 bits per heavy atom. The van der Waals surface area contributed by atoms with Gasteiger partial charge in [-0.2, -0.15) is 18.3 Å². The first kappa shape index (κ1) is 27.3. The predicted octanol–water partition coefficient (Wildman–Crippen LogP) is 4.12. The minimum atomic E-state index is -4.57. The summed E-state index contributed by atoms with van der Waals surface area (Å²) in [4.78, 5) is 31.4. The van der Waals surface area contributed by atoms with Crippen molar-refractivity contribution in [1.82, 2.24) is 40.4 Å². The summed E-state index contributed by atoms with van der Waals surface area (Å²) in [5.74, 6) is -3.74. The van der Waals surface area contributed by atoms with E-state index in [0.717, 1.165) is 12.8 Å². The van der Waals surface area contributed by atoms with Crippen LogP contribution in [0.5, 0.6) is 0 Å². The number of hydrogen-bond acceptors (Lipinski definition) is 7. The normalized spacial score (nSPS) is 23.0. The molecule has 4 heterocycles. The second-order valence-electron chi connectivity index (χ2n) is 11.1. The van der Waals surface area contributed by atoms with Gasteiger partial charge in [-0.05, 0) is 61.2 Å². The Kier molecular flexibility index (Phi) is 6.60. The molecule has 3 aliphatic rings. The van der Waals surface area contributed by atoms with Crippen LogP contribution < -0.4 is 10.6 Å². The number of rotatable bonds is 7. The first-order chi connectivity index (χ1) is 19.4. The number of nitrogens with zero attached hydrogens (tertiary/aromatic N) is 6. The molecule has 0 bridgehead atoms. The average molecular weight is 583 g/mol. The van der Waals surface area contributed by atoms with Gasteiger partial charge >= 0.3 is 12.2 Å². The third-order valence-electron chi connectivity index (χ3n) is 8.14. The molecular formula is C25H27F5N8O3. The molecule has 11 nitrogen and oxygen atoms in total. The zero-order valence-corrected chi connectivity index (χ0v) is 21.9. The maximum Gasteiger partial charge on any atom is 0.410 e. The van der Waals surface area contributed by atoms with E-state index in [1.54, 1.807) is 19.2 Å². The van der Waals surface area contributed by atoms with Crippen LogP contribution >= 0.6 is 0 Å². The van der Waals surface area contributed by atoms with Gasteiger partial charge in [0, 0.05) is 12.8 Å². The lowest BCUT2D eigenvalue weighted by atomic mass is 9.81. The third kappa shape index (κ3) is 5.43. The Labute approximate surface area is 229 Å². The van der Waals surface area contributed by atoms with Gasteiger partial charge in [-0.1, -0.05) is 5.16 Å². The van der Waals surface area contributed by atoms with E-state index < -0.39 is 48.7 Å². The van der Waals surface area contributed by atoms with Crippen molar-refractivity contribution >= 4 is 17.6 Å². The van der Waals surface area contributed by atoms with Crippen LogP contribution in [0.1, 0.15) is 78.0 Å². The van der Waals surface area contributed by atoms with E-state index in [1.165, 1.54) is 15.6 Å². The molecule has 2 aliphatic carbocycles. The number of fused-ring (bicyclic) bond motifs is 1. The lowest BCUT2D eigenvalue weighted by Gasteiger charge is -2.33. The van der Waals surface area contributed by atoms with Crippen molar-refractivity contribution in [3.8, 4) is 0 Å². The van der Waals surface area contributed by atoms with Gasteiger partial charge in [0.05, 0.1) is 36.7 Å². The van der Waals surface area contributed by atoms with Gasteiger partial charge < -0.3 is 15.5 Å². The number of alkyl halides is 5. The molecule has 3 atom stereocenters. The highest BCUT2D eigenvalue weighted by atomic mass is 19.4. The lowest BCUT2D eigenvalue weighted by Crippen LogP contribution is -2.40. The number of aromatic nitrogens is 5. The minimum absolute atomic E-state index is 0.0123. The van der Waals surface area contributed by atoms with Crippen LogP contribution in [0.2, 0.25) is 0 Å². The predicted molar refractivity (Wildman–Crippen MR) is 130 cm³/mol. The largest absolute Gasteiger partial charge is 0.410 e. The zero-order valence-electron chi connectivity index (χ0n) is 21.9. The Bertz CT molecular complexity index is 1460. The molecule has 16 heteroatoms. The maximum atomic E-state index is 13.9. The van der Waals surface area contributed by atoms with Gasteiger partial charge in [0.25, 0.3) is 5.91 Å². The van der Waals surface area contributed by atoms with Crippen molar-refractivity contribution in [2.24, 2.45) is 11.8 Å². The van der Waals surface area contributed by atoms with E-state index in [0.29, 0.717) is 16.9 Å². The van der Waals surface area contributed by atoms with E-state index in [4.69, 9.17) is 0 Å². The van der Waals surface area contributed by atoms with Gasteiger partial charge in [0.15, 0.2) is 11.3 Å². The monoisotopic (exact) mass is 582 g/mol. The van der Waals surface area contributed by atoms with Crippen LogP contribution in [-0.4, -0.2) is 66.4 Å². The number of amides is 3. The fourth-order valence-electron chi connectivity index (χ4n) is 5.80. The van der Waals surface area contributed by atoms with Crippen LogP contribution in [0.4, 0.5) is 26.7 Å². The molecule has 0 aromatic carbocycles. The summed E-state index contributed by atoms with van der Waals surface area (Å²) in [7, 11) is 0. The maximum absolute atomic E-state index is 13.9. The molecule has 6 rings (SSSR count). The topological polar surface area (TPSA) is 131 Å². The summed E-state index contributed by atoms with van der Waals surface area (Å²) < 4.78 is 73.9. The standard InChI is InChI=1S/C25H27F5N8O3/c1-12-19(36-41-35-12)22(39)34-20(13-4-6-24(26,27)7-5-13)16-10-38-18(32-16)8-15(9-31-38)21(14-2-3-14)37-11-17(25(28,29)30)33-23(37)40/h8-10,13-14,17,20-21H,2-7,11H2,1H3,(H,33,40)(H,34,39)/t17-,20-,21+/m0/s1. The summed E-state index contributed by atoms with van der Waals surface area (Å²) in [6.07, 6.45) is -0.340. The summed E-state index contributed by atoms with van der Waals surface area (Å²) >= 11 is 0. The van der Waals surface area contributed by atoms with Crippen molar-refractivity contribution < 1.29 is 36.2 Å². The molecule has 3 aromatic heterocycles. The van der Waals surface area contributed by atoms with Crippen molar-refractivity contribution in [2.45, 2.75) is 75.7 Å². The number of nitrogens with one attached hydrogen (secondary N) is 2. The van der Waals surface area contributed by atoms with Gasteiger partial charge in [0.1, 0.15) is 11.7 Å². The molecule has 3 fully saturated rings. The molecular weight excluding hydrogens is 555 g/mol. The van der Waals surface area contributed by atoms with E-state index >= 15 is 0 Å². The van der Waals surface area contributed by atoms with Crippen molar-refractivity contribution in [3.05, 3.63) is 41.1 Å². The third-order valence-corrected chi connectivity index (χ3v) is 8.14. The van der Waals surface area contributed by atoms with Crippen LogP contribution in [-0.2, 0) is 0 Å².